The molecule has 1 atom stereocenters. The molecule has 0 aliphatic carbocycles. The summed E-state index contributed by atoms with van der Waals surface area (Å²) in [6.45, 7) is 1.40. The van der Waals surface area contributed by atoms with E-state index in [0.717, 1.165) is 0 Å². The molecule has 7 heteroatoms. The molecule has 0 aliphatic heterocycles. The smallest absolute Gasteiger partial charge is 0.305 e. The number of nitrogens with zero attached hydrogens (tertiary/aromatic N) is 2. The number of carbonyl (C=O) groups excluding carboxylic acids is 1. The highest BCUT2D eigenvalue weighted by Crippen LogP contribution is 2.04. The highest BCUT2D eigenvalue weighted by atomic mass is 16.4. The topological polar surface area (TPSA) is 101 Å². The Hall–Kier alpha value is -2.70. The Kier molecular flexibility index (Phi) is 4.32. The summed E-state index contributed by atoms with van der Waals surface area (Å²) < 4.78 is 1.20. The molecule has 7 nitrogen and oxygen atoms in total. The van der Waals surface area contributed by atoms with Crippen LogP contribution in [0.1, 0.15) is 13.3 Å². The van der Waals surface area contributed by atoms with Gasteiger partial charge in [-0.1, -0.05) is 12.1 Å². The lowest BCUT2D eigenvalue weighted by atomic mass is 10.2. The Balaban J connectivity index is 2.13. The Labute approximate surface area is 120 Å². The minimum Gasteiger partial charge on any atom is -0.481 e. The van der Waals surface area contributed by atoms with Gasteiger partial charge < -0.3 is 10.4 Å². The van der Waals surface area contributed by atoms with Gasteiger partial charge in [-0.25, -0.2) is 4.98 Å². The lowest BCUT2D eigenvalue weighted by Gasteiger charge is -2.12. The number of para-hydroxylation sites is 1. The summed E-state index contributed by atoms with van der Waals surface area (Å²) in [5.41, 5.74) is 0.264. The second kappa shape index (κ2) is 6.17. The average molecular weight is 289 g/mol. The van der Waals surface area contributed by atoms with E-state index >= 15 is 0 Å². The van der Waals surface area contributed by atoms with E-state index in [1.807, 2.05) is 0 Å². The van der Waals surface area contributed by atoms with Crippen LogP contribution < -0.4 is 10.9 Å². The van der Waals surface area contributed by atoms with Crippen LogP contribution in [0.25, 0.3) is 10.9 Å². The van der Waals surface area contributed by atoms with Crippen LogP contribution in [0.2, 0.25) is 0 Å². The zero-order chi connectivity index (χ0) is 15.4. The second-order valence-electron chi connectivity index (χ2n) is 4.76. The van der Waals surface area contributed by atoms with E-state index in [2.05, 4.69) is 10.3 Å². The largest absolute Gasteiger partial charge is 0.481 e. The molecular formula is C14H15N3O4. The number of hydrogen-bond acceptors (Lipinski definition) is 4. The number of rotatable bonds is 5. The van der Waals surface area contributed by atoms with E-state index in [4.69, 9.17) is 5.11 Å². The van der Waals surface area contributed by atoms with Gasteiger partial charge in [0.1, 0.15) is 6.54 Å². The van der Waals surface area contributed by atoms with Gasteiger partial charge in [-0.2, -0.15) is 0 Å². The monoisotopic (exact) mass is 289 g/mol. The van der Waals surface area contributed by atoms with Gasteiger partial charge in [0.05, 0.1) is 23.7 Å². The van der Waals surface area contributed by atoms with Gasteiger partial charge in [0, 0.05) is 6.04 Å². The third-order valence-electron chi connectivity index (χ3n) is 2.93. The molecule has 0 bridgehead atoms. The quantitative estimate of drug-likeness (QED) is 0.828. The maximum Gasteiger partial charge on any atom is 0.305 e. The molecule has 0 spiro atoms. The van der Waals surface area contributed by atoms with Crippen LogP contribution in [0.3, 0.4) is 0 Å². The third-order valence-corrected chi connectivity index (χ3v) is 2.93. The highest BCUT2D eigenvalue weighted by molar-refractivity contribution is 5.79. The molecule has 0 aliphatic rings. The number of fused-ring (bicyclic) bond motifs is 1. The molecule has 2 N–H and O–H groups in total. The first-order valence-corrected chi connectivity index (χ1v) is 6.42. The Morgan fingerprint density at radius 3 is 2.81 bits per heavy atom. The molecule has 1 heterocycles. The van der Waals surface area contributed by atoms with Crippen molar-refractivity contribution in [3.63, 3.8) is 0 Å². The lowest BCUT2D eigenvalue weighted by molar-refractivity contribution is -0.137. The van der Waals surface area contributed by atoms with E-state index in [-0.39, 0.29) is 18.5 Å². The van der Waals surface area contributed by atoms with E-state index in [0.29, 0.717) is 10.9 Å². The number of carbonyl (C=O) groups is 2. The molecule has 1 unspecified atom stereocenters. The van der Waals surface area contributed by atoms with E-state index in [1.54, 1.807) is 31.2 Å². The van der Waals surface area contributed by atoms with E-state index in [9.17, 15) is 14.4 Å². The molecule has 1 amide bonds. The summed E-state index contributed by atoms with van der Waals surface area (Å²) in [6.07, 6.45) is 1.14. The molecule has 110 valence electrons. The summed E-state index contributed by atoms with van der Waals surface area (Å²) >= 11 is 0. The van der Waals surface area contributed by atoms with Crippen molar-refractivity contribution in [2.24, 2.45) is 0 Å². The van der Waals surface area contributed by atoms with Gasteiger partial charge in [0.2, 0.25) is 5.91 Å². The van der Waals surface area contributed by atoms with Gasteiger partial charge in [-0.3, -0.25) is 19.0 Å². The number of nitrogens with one attached hydrogen (secondary N) is 1. The molecule has 2 aromatic rings. The molecule has 0 fully saturated rings. The van der Waals surface area contributed by atoms with Crippen molar-refractivity contribution in [1.82, 2.24) is 14.9 Å². The van der Waals surface area contributed by atoms with Crippen molar-refractivity contribution in [1.29, 1.82) is 0 Å². The van der Waals surface area contributed by atoms with Gasteiger partial charge in [-0.15, -0.1) is 0 Å². The fourth-order valence-electron chi connectivity index (χ4n) is 2.01. The second-order valence-corrected chi connectivity index (χ2v) is 4.76. The number of hydrogen-bond donors (Lipinski definition) is 2. The Morgan fingerprint density at radius 2 is 2.10 bits per heavy atom. The van der Waals surface area contributed by atoms with Crippen molar-refractivity contribution in [3.05, 3.63) is 40.9 Å². The van der Waals surface area contributed by atoms with Gasteiger partial charge in [0.25, 0.3) is 5.56 Å². The van der Waals surface area contributed by atoms with Crippen molar-refractivity contribution in [2.45, 2.75) is 25.9 Å². The van der Waals surface area contributed by atoms with Crippen molar-refractivity contribution in [2.75, 3.05) is 0 Å². The van der Waals surface area contributed by atoms with Crippen LogP contribution in [-0.4, -0.2) is 32.6 Å². The SMILES string of the molecule is CC(CC(=O)O)NC(=O)Cn1cnc2ccccc2c1=O. The highest BCUT2D eigenvalue weighted by Gasteiger charge is 2.12. The van der Waals surface area contributed by atoms with Crippen molar-refractivity contribution in [3.8, 4) is 0 Å². The van der Waals surface area contributed by atoms with Gasteiger partial charge >= 0.3 is 5.97 Å². The lowest BCUT2D eigenvalue weighted by Crippen LogP contribution is -2.38. The first-order valence-electron chi connectivity index (χ1n) is 6.42. The average Bonchev–Trinajstić information content (AvgIpc) is 2.41. The van der Waals surface area contributed by atoms with Gasteiger partial charge in [0.15, 0.2) is 0 Å². The summed E-state index contributed by atoms with van der Waals surface area (Å²) in [5.74, 6) is -1.42. The molecule has 21 heavy (non-hydrogen) atoms. The Morgan fingerprint density at radius 1 is 1.38 bits per heavy atom. The number of benzene rings is 1. The van der Waals surface area contributed by atoms with Crippen LogP contribution in [0.4, 0.5) is 0 Å². The molecule has 0 saturated heterocycles. The zero-order valence-corrected chi connectivity index (χ0v) is 11.4. The summed E-state index contributed by atoms with van der Waals surface area (Å²) in [6, 6.07) is 6.37. The molecular weight excluding hydrogens is 274 g/mol. The molecule has 1 aromatic carbocycles. The van der Waals surface area contributed by atoms with Gasteiger partial charge in [-0.05, 0) is 19.1 Å². The van der Waals surface area contributed by atoms with Crippen molar-refractivity contribution >= 4 is 22.8 Å². The Bertz CT molecular complexity index is 738. The van der Waals surface area contributed by atoms with Crippen LogP contribution >= 0.6 is 0 Å². The van der Waals surface area contributed by atoms with Crippen LogP contribution in [0, 0.1) is 0 Å². The fraction of sp³-hybridized carbons (Fsp3) is 0.286. The van der Waals surface area contributed by atoms with E-state index in [1.165, 1.54) is 10.9 Å². The minimum absolute atomic E-state index is 0.170. The third kappa shape index (κ3) is 3.65. The van der Waals surface area contributed by atoms with E-state index < -0.39 is 17.9 Å². The summed E-state index contributed by atoms with van der Waals surface area (Å²) in [7, 11) is 0. The number of aliphatic carboxylic acids is 1. The first kappa shape index (κ1) is 14.7. The number of carboxylic acids is 1. The normalized spacial score (nSPS) is 12.0. The maximum absolute atomic E-state index is 12.2. The van der Waals surface area contributed by atoms with Crippen LogP contribution in [-0.2, 0) is 16.1 Å². The zero-order valence-electron chi connectivity index (χ0n) is 11.4. The molecule has 0 saturated carbocycles. The summed E-state index contributed by atoms with van der Waals surface area (Å²) in [5, 5.41) is 11.6. The first-order chi connectivity index (χ1) is 9.97. The van der Waals surface area contributed by atoms with Crippen LogP contribution in [0.15, 0.2) is 35.4 Å². The molecule has 2 rings (SSSR count). The predicted octanol–water partition coefficient (Wildman–Crippen LogP) is 0.376. The predicted molar refractivity (Wildman–Crippen MR) is 75.9 cm³/mol. The minimum atomic E-state index is -0.993. The van der Waals surface area contributed by atoms with Crippen LogP contribution in [0.5, 0.6) is 0 Å². The number of aromatic nitrogens is 2. The standard InChI is InChI=1S/C14H15N3O4/c1-9(6-13(19)20)16-12(18)7-17-8-15-11-5-3-2-4-10(11)14(17)21/h2-5,8-9H,6-7H2,1H3,(H,16,18)(H,19,20). The summed E-state index contributed by atoms with van der Waals surface area (Å²) in [4.78, 5) is 38.6. The fourth-order valence-corrected chi connectivity index (χ4v) is 2.01. The molecule has 1 aromatic heterocycles. The molecule has 0 radical (unpaired) electrons. The maximum atomic E-state index is 12.2. The number of amides is 1. The number of carboxylic acid groups (broad SMARTS) is 1. The van der Waals surface area contributed by atoms with Crippen molar-refractivity contribution < 1.29 is 14.7 Å².